The number of nitrogens with zero attached hydrogens (tertiary/aromatic N) is 2. The van der Waals surface area contributed by atoms with E-state index in [2.05, 4.69) is 65.2 Å². The predicted octanol–water partition coefficient (Wildman–Crippen LogP) is 9.85. The maximum absolute atomic E-state index is 6.75. The first kappa shape index (κ1) is 19.8. The van der Waals surface area contributed by atoms with E-state index < -0.39 is 0 Å². The van der Waals surface area contributed by atoms with Crippen LogP contribution in [-0.4, -0.2) is 9.55 Å². The molecule has 0 aliphatic heterocycles. The number of aromatic nitrogens is 2. The highest BCUT2D eigenvalue weighted by Crippen LogP contribution is 2.43. The van der Waals surface area contributed by atoms with Crippen molar-refractivity contribution in [2.24, 2.45) is 0 Å². The van der Waals surface area contributed by atoms with E-state index in [1.54, 1.807) is 11.3 Å². The van der Waals surface area contributed by atoms with Crippen LogP contribution in [0.15, 0.2) is 99.8 Å². The van der Waals surface area contributed by atoms with Gasteiger partial charge in [-0.05, 0) is 30.3 Å². The lowest BCUT2D eigenvalue weighted by Crippen LogP contribution is -1.93. The van der Waals surface area contributed by atoms with E-state index in [4.69, 9.17) is 25.4 Å². The van der Waals surface area contributed by atoms with Gasteiger partial charge >= 0.3 is 6.01 Å². The first-order valence-electron chi connectivity index (χ1n) is 12.0. The number of oxazole rings is 1. The number of halogens is 1. The number of fused-ring (bicyclic) bond motifs is 11. The van der Waals surface area contributed by atoms with Crippen molar-refractivity contribution in [3.8, 4) is 6.01 Å². The van der Waals surface area contributed by atoms with Crippen LogP contribution < -0.4 is 0 Å². The normalized spacial score (nSPS) is 12.5. The highest BCUT2D eigenvalue weighted by molar-refractivity contribution is 7.26. The fourth-order valence-electron chi connectivity index (χ4n) is 5.72. The highest BCUT2D eigenvalue weighted by atomic mass is 35.5. The number of hydrogen-bond acceptors (Lipinski definition) is 4. The maximum Gasteiger partial charge on any atom is 0.307 e. The van der Waals surface area contributed by atoms with Gasteiger partial charge in [-0.2, -0.15) is 4.98 Å². The number of furan rings is 1. The van der Waals surface area contributed by atoms with Crippen LogP contribution in [0.4, 0.5) is 0 Å². The molecule has 9 rings (SSSR count). The zero-order chi connectivity index (χ0) is 24.2. The van der Waals surface area contributed by atoms with Crippen LogP contribution in [-0.2, 0) is 0 Å². The van der Waals surface area contributed by atoms with E-state index in [0.717, 1.165) is 64.7 Å². The zero-order valence-corrected chi connectivity index (χ0v) is 20.7. The fourth-order valence-corrected chi connectivity index (χ4v) is 7.17. The molecule has 174 valence electrons. The smallest absolute Gasteiger partial charge is 0.307 e. The zero-order valence-electron chi connectivity index (χ0n) is 19.2. The van der Waals surface area contributed by atoms with E-state index >= 15 is 0 Å². The summed E-state index contributed by atoms with van der Waals surface area (Å²) in [5.41, 5.74) is 5.08. The molecule has 9 aromatic rings. The SMILES string of the molecule is Clc1cc2sc3ccccc3c2c2nc(-n3c4ccccc4c4cc5c(cc43)oc3ccccc35)oc12. The average molecular weight is 515 g/mol. The van der Waals surface area contributed by atoms with Crippen molar-refractivity contribution < 1.29 is 8.83 Å². The van der Waals surface area contributed by atoms with E-state index in [-0.39, 0.29) is 0 Å². The summed E-state index contributed by atoms with van der Waals surface area (Å²) in [6.45, 7) is 0. The lowest BCUT2D eigenvalue weighted by Gasteiger charge is -2.01. The molecule has 0 saturated heterocycles. The van der Waals surface area contributed by atoms with Crippen LogP contribution in [0.5, 0.6) is 0 Å². The number of para-hydroxylation sites is 2. The van der Waals surface area contributed by atoms with Crippen LogP contribution in [0, 0.1) is 0 Å². The quantitative estimate of drug-likeness (QED) is 0.219. The Bertz CT molecular complexity index is 2390. The summed E-state index contributed by atoms with van der Waals surface area (Å²) in [6, 6.07) is 31.7. The van der Waals surface area contributed by atoms with Gasteiger partial charge in [-0.25, -0.2) is 0 Å². The standard InChI is InChI=1S/C31H15ClN2O2S/c32-21-14-27-28(18-9-3-6-12-26(18)37-27)29-30(21)36-31(33-29)34-22-10-4-1-7-16(22)19-13-20-17-8-2-5-11-24(17)35-25(20)15-23(19)34/h1-15H. The second kappa shape index (κ2) is 6.91. The Balaban J connectivity index is 1.43. The molecule has 37 heavy (non-hydrogen) atoms. The van der Waals surface area contributed by atoms with Gasteiger partial charge in [0.25, 0.3) is 0 Å². The Hall–Kier alpha value is -4.32. The third kappa shape index (κ3) is 2.55. The molecule has 6 heteroatoms. The summed E-state index contributed by atoms with van der Waals surface area (Å²) < 4.78 is 17.1. The Morgan fingerprint density at radius 2 is 1.43 bits per heavy atom. The van der Waals surface area contributed by atoms with Crippen molar-refractivity contribution in [1.29, 1.82) is 0 Å². The number of hydrogen-bond donors (Lipinski definition) is 0. The van der Waals surface area contributed by atoms with Gasteiger partial charge in [0.15, 0.2) is 5.58 Å². The molecule has 0 aliphatic carbocycles. The molecule has 5 aromatic carbocycles. The molecule has 4 heterocycles. The number of benzene rings is 5. The second-order valence-corrected chi connectivity index (χ2v) is 10.8. The van der Waals surface area contributed by atoms with Crippen molar-refractivity contribution in [2.75, 3.05) is 0 Å². The Morgan fingerprint density at radius 3 is 2.35 bits per heavy atom. The molecular weight excluding hydrogens is 500 g/mol. The first-order valence-corrected chi connectivity index (χ1v) is 13.2. The van der Waals surface area contributed by atoms with Crippen molar-refractivity contribution in [1.82, 2.24) is 9.55 Å². The molecule has 0 amide bonds. The van der Waals surface area contributed by atoms with Gasteiger partial charge in [0, 0.05) is 47.8 Å². The molecule has 0 saturated carbocycles. The Kier molecular flexibility index (Phi) is 3.70. The van der Waals surface area contributed by atoms with Crippen LogP contribution in [0.2, 0.25) is 5.02 Å². The number of thiophene rings is 1. The third-order valence-corrected chi connectivity index (χ3v) is 8.71. The monoisotopic (exact) mass is 514 g/mol. The van der Waals surface area contributed by atoms with Gasteiger partial charge in [0.05, 0.1) is 16.1 Å². The van der Waals surface area contributed by atoms with E-state index in [9.17, 15) is 0 Å². The molecule has 4 nitrogen and oxygen atoms in total. The van der Waals surface area contributed by atoms with Crippen molar-refractivity contribution in [2.45, 2.75) is 0 Å². The third-order valence-electron chi connectivity index (χ3n) is 7.31. The van der Waals surface area contributed by atoms with Gasteiger partial charge < -0.3 is 8.83 Å². The topological polar surface area (TPSA) is 44.1 Å². The summed E-state index contributed by atoms with van der Waals surface area (Å²) in [4.78, 5) is 5.08. The first-order chi connectivity index (χ1) is 18.2. The fraction of sp³-hybridized carbons (Fsp3) is 0. The molecule has 0 unspecified atom stereocenters. The van der Waals surface area contributed by atoms with Crippen molar-refractivity contribution in [3.63, 3.8) is 0 Å². The molecular formula is C31H15ClN2O2S. The van der Waals surface area contributed by atoms with Crippen LogP contribution in [0.25, 0.3) is 81.0 Å². The van der Waals surface area contributed by atoms with Gasteiger partial charge in [-0.15, -0.1) is 11.3 Å². The largest absolute Gasteiger partial charge is 0.456 e. The van der Waals surface area contributed by atoms with Gasteiger partial charge in [-0.3, -0.25) is 4.57 Å². The van der Waals surface area contributed by atoms with Crippen LogP contribution >= 0.6 is 22.9 Å². The van der Waals surface area contributed by atoms with Crippen molar-refractivity contribution in [3.05, 3.63) is 96.0 Å². The molecule has 0 bridgehead atoms. The van der Waals surface area contributed by atoms with Crippen LogP contribution in [0.3, 0.4) is 0 Å². The van der Waals surface area contributed by atoms with Gasteiger partial charge in [-0.1, -0.05) is 66.2 Å². The Labute approximate surface area is 217 Å². The predicted molar refractivity (Wildman–Crippen MR) is 154 cm³/mol. The molecule has 0 fully saturated rings. The molecule has 4 aromatic heterocycles. The summed E-state index contributed by atoms with van der Waals surface area (Å²) in [5.74, 6) is 0. The molecule has 0 aliphatic rings. The lowest BCUT2D eigenvalue weighted by atomic mass is 10.1. The van der Waals surface area contributed by atoms with Crippen LogP contribution in [0.1, 0.15) is 0 Å². The number of rotatable bonds is 1. The second-order valence-electron chi connectivity index (χ2n) is 9.32. The van der Waals surface area contributed by atoms with E-state index in [0.29, 0.717) is 16.6 Å². The summed E-state index contributed by atoms with van der Waals surface area (Å²) in [7, 11) is 0. The average Bonchev–Trinajstić information content (AvgIpc) is 3.67. The minimum absolute atomic E-state index is 0.487. The van der Waals surface area contributed by atoms with Gasteiger partial charge in [0.2, 0.25) is 0 Å². The highest BCUT2D eigenvalue weighted by Gasteiger charge is 2.22. The summed E-state index contributed by atoms with van der Waals surface area (Å²) in [6.07, 6.45) is 0. The minimum atomic E-state index is 0.487. The van der Waals surface area contributed by atoms with E-state index in [1.807, 2.05) is 30.3 Å². The lowest BCUT2D eigenvalue weighted by molar-refractivity contribution is 0.574. The molecule has 0 N–H and O–H groups in total. The minimum Gasteiger partial charge on any atom is -0.456 e. The summed E-state index contributed by atoms with van der Waals surface area (Å²) in [5, 5.41) is 7.26. The molecule has 0 spiro atoms. The van der Waals surface area contributed by atoms with Crippen molar-refractivity contribution >= 4 is 98.0 Å². The van der Waals surface area contributed by atoms with Gasteiger partial charge in [0.1, 0.15) is 16.7 Å². The van der Waals surface area contributed by atoms with E-state index in [1.165, 1.54) is 4.70 Å². The molecule has 0 radical (unpaired) electrons. The Morgan fingerprint density at radius 1 is 0.649 bits per heavy atom. The molecule has 0 atom stereocenters. The summed E-state index contributed by atoms with van der Waals surface area (Å²) >= 11 is 8.47. The maximum atomic E-state index is 6.75.